The van der Waals surface area contributed by atoms with Crippen molar-refractivity contribution in [3.8, 4) is 11.8 Å². The van der Waals surface area contributed by atoms with Crippen molar-refractivity contribution >= 4 is 0 Å². The maximum Gasteiger partial charge on any atom is 0.104 e. The van der Waals surface area contributed by atoms with Crippen LogP contribution in [0.1, 0.15) is 47.1 Å². The molecular weight excluding hydrogens is 282 g/mol. The number of aliphatic hydroxyl groups is 1. The highest BCUT2D eigenvalue weighted by Gasteiger charge is 2.35. The Kier molecular flexibility index (Phi) is 3.91. The Morgan fingerprint density at radius 1 is 1.04 bits per heavy atom. The maximum absolute atomic E-state index is 8.80. The summed E-state index contributed by atoms with van der Waals surface area (Å²) in [4.78, 5) is 2.65. The summed E-state index contributed by atoms with van der Waals surface area (Å²) in [7, 11) is 0. The van der Waals surface area contributed by atoms with Crippen molar-refractivity contribution in [3.63, 3.8) is 0 Å². The molecule has 1 saturated heterocycles. The van der Waals surface area contributed by atoms with Gasteiger partial charge in [-0.3, -0.25) is 4.90 Å². The molecule has 0 radical (unpaired) electrons. The minimum absolute atomic E-state index is 0.0892. The van der Waals surface area contributed by atoms with Gasteiger partial charge in [0.1, 0.15) is 6.61 Å². The highest BCUT2D eigenvalue weighted by Crippen LogP contribution is 2.43. The molecular formula is C21H21NO. The molecule has 2 atom stereocenters. The Balaban J connectivity index is 1.70. The Labute approximate surface area is 137 Å². The lowest BCUT2D eigenvalue weighted by Gasteiger charge is -2.37. The van der Waals surface area contributed by atoms with Crippen molar-refractivity contribution in [1.82, 2.24) is 4.90 Å². The SMILES string of the molecule is OCC#Cc1ccc([C@@H]2CN3CCC[C@@H]3c3ccccc32)cc1. The molecule has 0 aliphatic carbocycles. The quantitative estimate of drug-likeness (QED) is 0.817. The van der Waals surface area contributed by atoms with Gasteiger partial charge < -0.3 is 5.11 Å². The number of rotatable bonds is 1. The average Bonchev–Trinajstić information content (AvgIpc) is 3.08. The molecule has 0 aromatic heterocycles. The lowest BCUT2D eigenvalue weighted by atomic mass is 9.81. The van der Waals surface area contributed by atoms with Gasteiger partial charge in [-0.25, -0.2) is 0 Å². The summed E-state index contributed by atoms with van der Waals surface area (Å²) in [6, 6.07) is 18.1. The first-order valence-electron chi connectivity index (χ1n) is 8.39. The number of fused-ring (bicyclic) bond motifs is 3. The third-order valence-corrected chi connectivity index (χ3v) is 5.14. The van der Waals surface area contributed by atoms with Crippen LogP contribution in [0.4, 0.5) is 0 Å². The second-order valence-electron chi connectivity index (χ2n) is 6.42. The van der Waals surface area contributed by atoms with Crippen molar-refractivity contribution < 1.29 is 5.11 Å². The first-order valence-corrected chi connectivity index (χ1v) is 8.39. The predicted octanol–water partition coefficient (Wildman–Crippen LogP) is 3.31. The van der Waals surface area contributed by atoms with Crippen LogP contribution in [-0.2, 0) is 0 Å². The Bertz CT molecular complexity index is 753. The summed E-state index contributed by atoms with van der Waals surface area (Å²) in [5, 5.41) is 8.80. The van der Waals surface area contributed by atoms with E-state index in [4.69, 9.17) is 5.11 Å². The van der Waals surface area contributed by atoms with Crippen LogP contribution in [0.3, 0.4) is 0 Å². The van der Waals surface area contributed by atoms with Crippen molar-refractivity contribution in [1.29, 1.82) is 0 Å². The second-order valence-corrected chi connectivity index (χ2v) is 6.42. The molecule has 116 valence electrons. The molecule has 1 N–H and O–H groups in total. The predicted molar refractivity (Wildman–Crippen MR) is 92.2 cm³/mol. The fraction of sp³-hybridized carbons (Fsp3) is 0.333. The number of aliphatic hydroxyl groups excluding tert-OH is 1. The normalized spacial score (nSPS) is 22.8. The van der Waals surface area contributed by atoms with E-state index in [2.05, 4.69) is 65.3 Å². The lowest BCUT2D eigenvalue weighted by Crippen LogP contribution is -2.34. The summed E-state index contributed by atoms with van der Waals surface area (Å²) < 4.78 is 0. The molecule has 2 heterocycles. The average molecular weight is 303 g/mol. The van der Waals surface area contributed by atoms with E-state index in [0.29, 0.717) is 12.0 Å². The van der Waals surface area contributed by atoms with Gasteiger partial charge in [0.2, 0.25) is 0 Å². The zero-order valence-corrected chi connectivity index (χ0v) is 13.2. The van der Waals surface area contributed by atoms with Gasteiger partial charge in [0.15, 0.2) is 0 Å². The Morgan fingerprint density at radius 2 is 1.83 bits per heavy atom. The number of nitrogens with zero attached hydrogens (tertiary/aromatic N) is 1. The van der Waals surface area contributed by atoms with Gasteiger partial charge in [-0.1, -0.05) is 48.2 Å². The molecule has 2 aliphatic heterocycles. The van der Waals surface area contributed by atoms with E-state index in [9.17, 15) is 0 Å². The van der Waals surface area contributed by atoms with Crippen molar-refractivity contribution in [2.75, 3.05) is 19.7 Å². The zero-order chi connectivity index (χ0) is 15.6. The fourth-order valence-electron chi connectivity index (χ4n) is 4.09. The van der Waals surface area contributed by atoms with E-state index in [1.807, 2.05) is 0 Å². The molecule has 0 unspecified atom stereocenters. The van der Waals surface area contributed by atoms with E-state index in [1.54, 1.807) is 0 Å². The van der Waals surface area contributed by atoms with E-state index in [0.717, 1.165) is 12.1 Å². The van der Waals surface area contributed by atoms with Crippen molar-refractivity contribution in [3.05, 3.63) is 70.8 Å². The number of hydrogen-bond acceptors (Lipinski definition) is 2. The summed E-state index contributed by atoms with van der Waals surface area (Å²) in [6.07, 6.45) is 2.60. The van der Waals surface area contributed by atoms with Gasteiger partial charge in [0.25, 0.3) is 0 Å². The molecule has 0 amide bonds. The minimum Gasteiger partial charge on any atom is -0.384 e. The highest BCUT2D eigenvalue weighted by atomic mass is 16.2. The van der Waals surface area contributed by atoms with Crippen LogP contribution in [-0.4, -0.2) is 29.7 Å². The van der Waals surface area contributed by atoms with Crippen LogP contribution in [0.2, 0.25) is 0 Å². The number of hydrogen-bond donors (Lipinski definition) is 1. The molecule has 2 aliphatic rings. The van der Waals surface area contributed by atoms with E-state index in [1.165, 1.54) is 36.1 Å². The van der Waals surface area contributed by atoms with Gasteiger partial charge in [0.05, 0.1) is 0 Å². The second kappa shape index (κ2) is 6.20. The largest absolute Gasteiger partial charge is 0.384 e. The van der Waals surface area contributed by atoms with E-state index >= 15 is 0 Å². The molecule has 2 aromatic carbocycles. The Hall–Kier alpha value is -2.08. The van der Waals surface area contributed by atoms with Crippen LogP contribution in [0.25, 0.3) is 0 Å². The molecule has 1 fully saturated rings. The minimum atomic E-state index is -0.0892. The molecule has 0 bridgehead atoms. The monoisotopic (exact) mass is 303 g/mol. The van der Waals surface area contributed by atoms with Gasteiger partial charge in [-0.05, 0) is 48.2 Å². The van der Waals surface area contributed by atoms with Crippen molar-refractivity contribution in [2.24, 2.45) is 0 Å². The highest BCUT2D eigenvalue weighted by molar-refractivity contribution is 5.45. The Morgan fingerprint density at radius 3 is 2.61 bits per heavy atom. The topological polar surface area (TPSA) is 23.5 Å². The van der Waals surface area contributed by atoms with Crippen LogP contribution in [0, 0.1) is 11.8 Å². The lowest BCUT2D eigenvalue weighted by molar-refractivity contribution is 0.230. The van der Waals surface area contributed by atoms with Gasteiger partial charge >= 0.3 is 0 Å². The first kappa shape index (κ1) is 14.5. The fourth-order valence-corrected chi connectivity index (χ4v) is 4.09. The first-order chi connectivity index (χ1) is 11.4. The molecule has 2 nitrogen and oxygen atoms in total. The molecule has 0 spiro atoms. The summed E-state index contributed by atoms with van der Waals surface area (Å²) >= 11 is 0. The standard InChI is InChI=1S/C21H21NO/c23-14-4-5-16-9-11-17(12-10-16)20-15-22-13-3-8-21(22)19-7-2-1-6-18(19)20/h1-2,6-7,9-12,20-21,23H,3,8,13-15H2/t20-,21+/m0/s1. The zero-order valence-electron chi connectivity index (χ0n) is 13.2. The number of benzene rings is 2. The smallest absolute Gasteiger partial charge is 0.104 e. The third kappa shape index (κ3) is 2.67. The molecule has 4 rings (SSSR count). The van der Waals surface area contributed by atoms with Crippen LogP contribution >= 0.6 is 0 Å². The molecule has 23 heavy (non-hydrogen) atoms. The van der Waals surface area contributed by atoms with Crippen LogP contribution < -0.4 is 0 Å². The van der Waals surface area contributed by atoms with Crippen LogP contribution in [0.15, 0.2) is 48.5 Å². The summed E-state index contributed by atoms with van der Waals surface area (Å²) in [5.74, 6) is 6.12. The van der Waals surface area contributed by atoms with E-state index in [-0.39, 0.29) is 6.61 Å². The summed E-state index contributed by atoms with van der Waals surface area (Å²) in [6.45, 7) is 2.24. The maximum atomic E-state index is 8.80. The molecule has 0 saturated carbocycles. The van der Waals surface area contributed by atoms with Gasteiger partial charge in [-0.15, -0.1) is 0 Å². The van der Waals surface area contributed by atoms with Gasteiger partial charge in [0, 0.05) is 24.1 Å². The molecule has 2 heteroatoms. The van der Waals surface area contributed by atoms with Gasteiger partial charge in [-0.2, -0.15) is 0 Å². The van der Waals surface area contributed by atoms with Crippen LogP contribution in [0.5, 0.6) is 0 Å². The third-order valence-electron chi connectivity index (χ3n) is 5.14. The summed E-state index contributed by atoms with van der Waals surface area (Å²) in [5.41, 5.74) is 5.33. The van der Waals surface area contributed by atoms with E-state index < -0.39 is 0 Å². The van der Waals surface area contributed by atoms with Crippen molar-refractivity contribution in [2.45, 2.75) is 24.8 Å². The molecule has 2 aromatic rings.